The zero-order valence-corrected chi connectivity index (χ0v) is 6.98. The Morgan fingerprint density at radius 3 is 2.10 bits per heavy atom. The summed E-state index contributed by atoms with van der Waals surface area (Å²) in [5, 5.41) is 9.48. The van der Waals surface area contributed by atoms with Crippen LogP contribution in [0.1, 0.15) is 33.6 Å². The summed E-state index contributed by atoms with van der Waals surface area (Å²) in [5.41, 5.74) is -0.613. The van der Waals surface area contributed by atoms with E-state index in [1.807, 2.05) is 6.92 Å². The van der Waals surface area contributed by atoms with Crippen LogP contribution in [0.15, 0.2) is 0 Å². The van der Waals surface area contributed by atoms with Gasteiger partial charge in [0.05, 0.1) is 17.8 Å². The molecular formula is C8H16O2. The Hall–Kier alpha value is -0.0800. The first-order chi connectivity index (χ1) is 4.41. The van der Waals surface area contributed by atoms with E-state index >= 15 is 0 Å². The Balaban J connectivity index is 2.46. The first-order valence-corrected chi connectivity index (χ1v) is 3.78. The summed E-state index contributed by atoms with van der Waals surface area (Å²) in [6.07, 6.45) is 1.79. The largest absolute Gasteiger partial charge is 0.388 e. The molecule has 1 unspecified atom stereocenters. The molecule has 1 aliphatic rings. The van der Waals surface area contributed by atoms with Gasteiger partial charge in [-0.05, 0) is 33.6 Å². The fraction of sp³-hybridized carbons (Fsp3) is 1.00. The van der Waals surface area contributed by atoms with Crippen molar-refractivity contribution in [3.05, 3.63) is 0 Å². The minimum Gasteiger partial charge on any atom is -0.388 e. The zero-order chi connectivity index (χ0) is 7.83. The molecule has 1 atom stereocenters. The molecule has 0 bridgehead atoms. The molecule has 0 aromatic carbocycles. The maximum Gasteiger partial charge on any atom is 0.0853 e. The van der Waals surface area contributed by atoms with Crippen LogP contribution in [0.3, 0.4) is 0 Å². The van der Waals surface area contributed by atoms with E-state index < -0.39 is 5.60 Å². The fourth-order valence-electron chi connectivity index (χ4n) is 1.07. The highest BCUT2D eigenvalue weighted by Gasteiger charge is 2.33. The van der Waals surface area contributed by atoms with E-state index in [-0.39, 0.29) is 5.60 Å². The Bertz CT molecular complexity index is 99.2. The highest BCUT2D eigenvalue weighted by Crippen LogP contribution is 2.29. The molecule has 0 radical (unpaired) electrons. The van der Waals surface area contributed by atoms with Crippen LogP contribution in [-0.4, -0.2) is 22.9 Å². The van der Waals surface area contributed by atoms with E-state index in [9.17, 15) is 5.11 Å². The summed E-state index contributed by atoms with van der Waals surface area (Å²) in [5.74, 6) is 0. The van der Waals surface area contributed by atoms with E-state index in [0.29, 0.717) is 6.61 Å². The average molecular weight is 144 g/mol. The first kappa shape index (κ1) is 8.02. The van der Waals surface area contributed by atoms with Crippen molar-refractivity contribution in [3.63, 3.8) is 0 Å². The summed E-state index contributed by atoms with van der Waals surface area (Å²) >= 11 is 0. The standard InChI is InChI=1S/C8H16O2/c1-7(2)4-5-8(3,9)6-10-7/h9H,4-6H2,1-3H3. The number of ether oxygens (including phenoxy) is 1. The van der Waals surface area contributed by atoms with Gasteiger partial charge in [-0.25, -0.2) is 0 Å². The van der Waals surface area contributed by atoms with Crippen LogP contribution in [0.5, 0.6) is 0 Å². The van der Waals surface area contributed by atoms with Gasteiger partial charge in [0.1, 0.15) is 0 Å². The second-order valence-corrected chi connectivity index (χ2v) is 4.05. The average Bonchev–Trinajstić information content (AvgIpc) is 1.79. The number of rotatable bonds is 0. The number of aliphatic hydroxyl groups is 1. The van der Waals surface area contributed by atoms with Gasteiger partial charge in [0, 0.05) is 0 Å². The van der Waals surface area contributed by atoms with E-state index in [4.69, 9.17) is 4.74 Å². The smallest absolute Gasteiger partial charge is 0.0853 e. The summed E-state index contributed by atoms with van der Waals surface area (Å²) in [4.78, 5) is 0. The van der Waals surface area contributed by atoms with Gasteiger partial charge in [0.2, 0.25) is 0 Å². The Morgan fingerprint density at radius 2 is 1.80 bits per heavy atom. The van der Waals surface area contributed by atoms with Crippen molar-refractivity contribution in [2.75, 3.05) is 6.61 Å². The van der Waals surface area contributed by atoms with Crippen molar-refractivity contribution < 1.29 is 9.84 Å². The summed E-state index contributed by atoms with van der Waals surface area (Å²) in [7, 11) is 0. The lowest BCUT2D eigenvalue weighted by atomic mass is 9.90. The van der Waals surface area contributed by atoms with Crippen molar-refractivity contribution >= 4 is 0 Å². The monoisotopic (exact) mass is 144 g/mol. The van der Waals surface area contributed by atoms with Gasteiger partial charge in [-0.2, -0.15) is 0 Å². The van der Waals surface area contributed by atoms with Gasteiger partial charge in [-0.15, -0.1) is 0 Å². The molecule has 2 heteroatoms. The molecule has 1 N–H and O–H groups in total. The quantitative estimate of drug-likeness (QED) is 0.555. The van der Waals surface area contributed by atoms with Crippen molar-refractivity contribution in [2.24, 2.45) is 0 Å². The van der Waals surface area contributed by atoms with Crippen LogP contribution in [0.2, 0.25) is 0 Å². The molecule has 1 saturated heterocycles. The molecule has 1 rings (SSSR count). The second kappa shape index (κ2) is 2.21. The third-order valence-corrected chi connectivity index (χ3v) is 2.04. The Morgan fingerprint density at radius 1 is 1.20 bits per heavy atom. The van der Waals surface area contributed by atoms with Crippen LogP contribution in [0.25, 0.3) is 0 Å². The molecule has 0 aromatic heterocycles. The summed E-state index contributed by atoms with van der Waals surface area (Å²) < 4.78 is 5.43. The minimum absolute atomic E-state index is 0.0256. The normalized spacial score (nSPS) is 39.6. The van der Waals surface area contributed by atoms with E-state index in [0.717, 1.165) is 12.8 Å². The third kappa shape index (κ3) is 1.96. The molecule has 2 nitrogen and oxygen atoms in total. The predicted molar refractivity (Wildman–Crippen MR) is 39.9 cm³/mol. The maximum absolute atomic E-state index is 9.48. The molecule has 0 spiro atoms. The molecular weight excluding hydrogens is 128 g/mol. The van der Waals surface area contributed by atoms with Crippen LogP contribution in [0.4, 0.5) is 0 Å². The van der Waals surface area contributed by atoms with E-state index in [1.54, 1.807) is 0 Å². The third-order valence-electron chi connectivity index (χ3n) is 2.04. The van der Waals surface area contributed by atoms with E-state index in [2.05, 4.69) is 13.8 Å². The van der Waals surface area contributed by atoms with Gasteiger partial charge in [0.25, 0.3) is 0 Å². The van der Waals surface area contributed by atoms with Crippen molar-refractivity contribution in [1.29, 1.82) is 0 Å². The fourth-order valence-corrected chi connectivity index (χ4v) is 1.07. The lowest BCUT2D eigenvalue weighted by Gasteiger charge is -2.38. The molecule has 1 heterocycles. The lowest BCUT2D eigenvalue weighted by molar-refractivity contribution is -0.146. The van der Waals surface area contributed by atoms with Gasteiger partial charge in [-0.3, -0.25) is 0 Å². The molecule has 0 amide bonds. The summed E-state index contributed by atoms with van der Waals surface area (Å²) in [6.45, 7) is 6.41. The molecule has 0 aromatic rings. The van der Waals surface area contributed by atoms with Gasteiger partial charge in [0.15, 0.2) is 0 Å². The summed E-state index contributed by atoms with van der Waals surface area (Å²) in [6, 6.07) is 0. The van der Waals surface area contributed by atoms with Crippen LogP contribution < -0.4 is 0 Å². The number of hydrogen-bond donors (Lipinski definition) is 1. The molecule has 1 aliphatic heterocycles. The Kier molecular flexibility index (Phi) is 1.77. The molecule has 0 saturated carbocycles. The maximum atomic E-state index is 9.48. The lowest BCUT2D eigenvalue weighted by Crippen LogP contribution is -2.43. The predicted octanol–water partition coefficient (Wildman–Crippen LogP) is 1.33. The first-order valence-electron chi connectivity index (χ1n) is 3.78. The van der Waals surface area contributed by atoms with Gasteiger partial charge in [-0.1, -0.05) is 0 Å². The molecule has 0 aliphatic carbocycles. The van der Waals surface area contributed by atoms with Crippen molar-refractivity contribution in [1.82, 2.24) is 0 Å². The number of hydrogen-bond acceptors (Lipinski definition) is 2. The van der Waals surface area contributed by atoms with E-state index in [1.165, 1.54) is 0 Å². The van der Waals surface area contributed by atoms with Crippen molar-refractivity contribution in [3.8, 4) is 0 Å². The van der Waals surface area contributed by atoms with Crippen LogP contribution in [-0.2, 0) is 4.74 Å². The minimum atomic E-state index is -0.588. The van der Waals surface area contributed by atoms with Crippen LogP contribution >= 0.6 is 0 Å². The van der Waals surface area contributed by atoms with Crippen LogP contribution in [0, 0.1) is 0 Å². The SMILES string of the molecule is CC1(O)CCC(C)(C)OC1. The highest BCUT2D eigenvalue weighted by molar-refractivity contribution is 4.84. The highest BCUT2D eigenvalue weighted by atomic mass is 16.5. The molecule has 60 valence electrons. The zero-order valence-electron chi connectivity index (χ0n) is 6.98. The molecule has 1 fully saturated rings. The molecule has 10 heavy (non-hydrogen) atoms. The Labute approximate surface area is 62.2 Å². The van der Waals surface area contributed by atoms with Gasteiger partial charge < -0.3 is 9.84 Å². The second-order valence-electron chi connectivity index (χ2n) is 4.05. The van der Waals surface area contributed by atoms with Gasteiger partial charge >= 0.3 is 0 Å². The topological polar surface area (TPSA) is 29.5 Å². The van der Waals surface area contributed by atoms with Crippen molar-refractivity contribution in [2.45, 2.75) is 44.8 Å².